The largest absolute Gasteiger partial charge is 0.756 e. The first kappa shape index (κ1) is 76.7. The van der Waals surface area contributed by atoms with Crippen LogP contribution < -0.4 is 10.2 Å². The third-order valence-corrected chi connectivity index (χ3v) is 15.9. The summed E-state index contributed by atoms with van der Waals surface area (Å²) >= 11 is 0. The van der Waals surface area contributed by atoms with Crippen molar-refractivity contribution in [3.8, 4) is 0 Å². The second-order valence-electron chi connectivity index (χ2n) is 24.0. The number of hydrogen-bond acceptors (Lipinski definition) is 7. The summed E-state index contributed by atoms with van der Waals surface area (Å²) in [5, 5.41) is 3.03. The van der Waals surface area contributed by atoms with Gasteiger partial charge in [-0.1, -0.05) is 268 Å². The van der Waals surface area contributed by atoms with Gasteiger partial charge in [0.2, 0.25) is 5.91 Å². The molecule has 0 aromatic heterocycles. The molecule has 1 amide bonds. The Hall–Kier alpha value is -2.29. The van der Waals surface area contributed by atoms with E-state index in [0.29, 0.717) is 23.9 Å². The number of likely N-dealkylation sites (N-methyl/N-ethyl adjacent to an activating group) is 1. The number of amides is 1. The quantitative estimate of drug-likeness (QED) is 0.0212. The van der Waals surface area contributed by atoms with E-state index in [1.54, 1.807) is 0 Å². The molecule has 3 atom stereocenters. The highest BCUT2D eigenvalue weighted by Crippen LogP contribution is 2.38. The summed E-state index contributed by atoms with van der Waals surface area (Å²) in [7, 11) is 1.17. The maximum atomic E-state index is 13.5. The minimum Gasteiger partial charge on any atom is -0.756 e. The van der Waals surface area contributed by atoms with Crippen molar-refractivity contribution >= 4 is 19.7 Å². The summed E-state index contributed by atoms with van der Waals surface area (Å²) in [6, 6.07) is -0.901. The Balaban J connectivity index is 5.19. The average molecular weight is 1130 g/mol. The molecule has 0 rings (SSSR count). The first-order chi connectivity index (χ1) is 38.4. The standard InChI is InChI=1S/C69H129N2O7P/c1-7-10-13-16-19-22-25-28-30-32-33-34-35-36-37-39-41-44-47-50-53-56-59-62-69(73)78-67(60-57-54-51-48-45-42-27-24-21-18-15-12-9-3)66(65-77-79(74,75)76-64-63-71(4,5)6)70-68(72)61-58-55-52-49-46-43-40-38-31-29-26-23-20-17-14-11-8-2/h20,23,28-31,40,43,57,60,66-67H,7-19,21-22,24-27,32-39,41-42,44-56,58-59,61-65H2,1-6H3,(H-,70,72,74,75)/b23-20-,30-28+,31-29-,43-40-,60-57-. The van der Waals surface area contributed by atoms with Crippen molar-refractivity contribution in [2.45, 2.75) is 328 Å². The van der Waals surface area contributed by atoms with Crippen LogP contribution in [0.5, 0.6) is 0 Å². The number of quaternary nitrogens is 1. The molecule has 0 radical (unpaired) electrons. The molecule has 462 valence electrons. The van der Waals surface area contributed by atoms with E-state index in [9.17, 15) is 19.0 Å². The number of ether oxygens (including phenoxy) is 1. The van der Waals surface area contributed by atoms with E-state index in [4.69, 9.17) is 13.8 Å². The lowest BCUT2D eigenvalue weighted by atomic mass is 10.0. The maximum absolute atomic E-state index is 13.5. The van der Waals surface area contributed by atoms with E-state index in [1.165, 1.54) is 199 Å². The highest BCUT2D eigenvalue weighted by Gasteiger charge is 2.27. The van der Waals surface area contributed by atoms with Crippen LogP contribution in [0.3, 0.4) is 0 Å². The molecule has 0 aliphatic rings. The number of nitrogens with zero attached hydrogens (tertiary/aromatic N) is 1. The van der Waals surface area contributed by atoms with Crippen LogP contribution >= 0.6 is 7.82 Å². The Kier molecular flexibility index (Phi) is 57.2. The lowest BCUT2D eigenvalue weighted by Crippen LogP contribution is -2.47. The highest BCUT2D eigenvalue weighted by atomic mass is 31.2. The summed E-state index contributed by atoms with van der Waals surface area (Å²) in [4.78, 5) is 40.1. The number of carbonyl (C=O) groups excluding carboxylic acids is 2. The van der Waals surface area contributed by atoms with Gasteiger partial charge in [0.15, 0.2) is 0 Å². The molecule has 0 fully saturated rings. The van der Waals surface area contributed by atoms with Gasteiger partial charge in [-0.2, -0.15) is 0 Å². The monoisotopic (exact) mass is 1130 g/mol. The van der Waals surface area contributed by atoms with Crippen LogP contribution in [-0.2, 0) is 27.9 Å². The molecule has 0 bridgehead atoms. The van der Waals surface area contributed by atoms with E-state index in [1.807, 2.05) is 33.3 Å². The minimum atomic E-state index is -4.71. The first-order valence-electron chi connectivity index (χ1n) is 33.6. The van der Waals surface area contributed by atoms with Crippen LogP contribution in [0.2, 0.25) is 0 Å². The van der Waals surface area contributed by atoms with Crippen molar-refractivity contribution in [1.82, 2.24) is 5.32 Å². The van der Waals surface area contributed by atoms with Gasteiger partial charge in [0, 0.05) is 12.8 Å². The molecule has 79 heavy (non-hydrogen) atoms. The van der Waals surface area contributed by atoms with Gasteiger partial charge in [0.1, 0.15) is 19.3 Å². The lowest BCUT2D eigenvalue weighted by molar-refractivity contribution is -0.870. The van der Waals surface area contributed by atoms with Gasteiger partial charge >= 0.3 is 5.97 Å². The van der Waals surface area contributed by atoms with Gasteiger partial charge in [-0.15, -0.1) is 0 Å². The molecule has 0 spiro atoms. The predicted molar refractivity (Wildman–Crippen MR) is 339 cm³/mol. The van der Waals surface area contributed by atoms with Gasteiger partial charge in [-0.3, -0.25) is 14.2 Å². The van der Waals surface area contributed by atoms with Crippen LogP contribution in [0.1, 0.15) is 316 Å². The third kappa shape index (κ3) is 60.1. The topological polar surface area (TPSA) is 114 Å². The lowest BCUT2D eigenvalue weighted by Gasteiger charge is -2.30. The Morgan fingerprint density at radius 3 is 1.19 bits per heavy atom. The maximum Gasteiger partial charge on any atom is 0.306 e. The van der Waals surface area contributed by atoms with E-state index in [-0.39, 0.29) is 24.9 Å². The molecule has 10 heteroatoms. The van der Waals surface area contributed by atoms with Crippen molar-refractivity contribution in [1.29, 1.82) is 0 Å². The Morgan fingerprint density at radius 1 is 0.443 bits per heavy atom. The average Bonchev–Trinajstić information content (AvgIpc) is 3.41. The predicted octanol–water partition coefficient (Wildman–Crippen LogP) is 20.4. The van der Waals surface area contributed by atoms with Crippen LogP contribution in [0.4, 0.5) is 0 Å². The summed E-state index contributed by atoms with van der Waals surface area (Å²) < 4.78 is 30.4. The molecule has 0 saturated carbocycles. The number of phosphoric ester groups is 1. The minimum absolute atomic E-state index is 0.0272. The van der Waals surface area contributed by atoms with E-state index in [0.717, 1.165) is 77.0 Å². The van der Waals surface area contributed by atoms with Crippen LogP contribution in [0.15, 0.2) is 60.8 Å². The zero-order chi connectivity index (χ0) is 57.9. The molecule has 0 saturated heterocycles. The summed E-state index contributed by atoms with van der Waals surface area (Å²) in [6.07, 6.45) is 74.8. The SMILES string of the molecule is CCCCC/C=C\C/C=C\C/C=C\CCCCCCC(=O)NC(COP(=O)([O-])OCC[N+](C)(C)C)C(/C=C\CCCCCCCCCCCCC)OC(=O)CCCCCCCCCCCCCCC/C=C/CCCCCCCC. The molecule has 0 aliphatic heterocycles. The number of unbranched alkanes of at least 4 members (excludes halogenated alkanes) is 37. The summed E-state index contributed by atoms with van der Waals surface area (Å²) in [6.45, 7) is 6.83. The number of carbonyl (C=O) groups is 2. The smallest absolute Gasteiger partial charge is 0.306 e. The molecule has 3 unspecified atom stereocenters. The van der Waals surface area contributed by atoms with Crippen molar-refractivity contribution < 1.29 is 37.3 Å². The van der Waals surface area contributed by atoms with Gasteiger partial charge in [-0.25, -0.2) is 0 Å². The van der Waals surface area contributed by atoms with Crippen molar-refractivity contribution in [2.75, 3.05) is 40.9 Å². The van der Waals surface area contributed by atoms with Crippen LogP contribution in [-0.4, -0.2) is 69.4 Å². The van der Waals surface area contributed by atoms with Crippen LogP contribution in [0.25, 0.3) is 0 Å². The van der Waals surface area contributed by atoms with Crippen molar-refractivity contribution in [3.63, 3.8) is 0 Å². The molecule has 0 aromatic carbocycles. The first-order valence-corrected chi connectivity index (χ1v) is 35.1. The number of nitrogens with one attached hydrogen (secondary N) is 1. The number of rotatable bonds is 61. The highest BCUT2D eigenvalue weighted by molar-refractivity contribution is 7.45. The fourth-order valence-corrected chi connectivity index (χ4v) is 10.4. The molecule has 0 aromatic rings. The van der Waals surface area contributed by atoms with Gasteiger partial charge < -0.3 is 28.5 Å². The van der Waals surface area contributed by atoms with Crippen molar-refractivity contribution in [2.24, 2.45) is 0 Å². The Labute approximate surface area is 490 Å². The number of hydrogen-bond donors (Lipinski definition) is 1. The number of esters is 1. The molecule has 1 N–H and O–H groups in total. The molecular formula is C69H129N2O7P. The summed E-state index contributed by atoms with van der Waals surface area (Å²) in [5.41, 5.74) is 0. The third-order valence-electron chi connectivity index (χ3n) is 14.9. The molecule has 0 heterocycles. The zero-order valence-corrected chi connectivity index (χ0v) is 53.7. The fraction of sp³-hybridized carbons (Fsp3) is 0.826. The fourth-order valence-electron chi connectivity index (χ4n) is 9.70. The number of phosphoric acid groups is 1. The Bertz CT molecular complexity index is 1540. The number of allylic oxidation sites excluding steroid dienone is 9. The van der Waals surface area contributed by atoms with E-state index in [2.05, 4.69) is 74.7 Å². The second-order valence-corrected chi connectivity index (χ2v) is 25.4. The van der Waals surface area contributed by atoms with Crippen molar-refractivity contribution in [3.05, 3.63) is 60.8 Å². The van der Waals surface area contributed by atoms with E-state index < -0.39 is 26.6 Å². The van der Waals surface area contributed by atoms with Gasteiger partial charge in [0.25, 0.3) is 7.82 Å². The van der Waals surface area contributed by atoms with Gasteiger partial charge in [0.05, 0.1) is 33.8 Å². The van der Waals surface area contributed by atoms with Crippen LogP contribution in [0, 0.1) is 0 Å². The summed E-state index contributed by atoms with van der Waals surface area (Å²) in [5.74, 6) is -0.557. The molecular weight excluding hydrogens is 1000 g/mol. The molecule has 0 aliphatic carbocycles. The second kappa shape index (κ2) is 58.9. The molecule has 9 nitrogen and oxygen atoms in total. The zero-order valence-electron chi connectivity index (χ0n) is 52.8. The van der Waals surface area contributed by atoms with Gasteiger partial charge in [-0.05, 0) is 96.0 Å². The van der Waals surface area contributed by atoms with E-state index >= 15 is 0 Å². The Morgan fingerprint density at radius 2 is 0.772 bits per heavy atom. The normalized spacial score (nSPS) is 14.0.